The third-order valence-corrected chi connectivity index (χ3v) is 7.46. The zero-order chi connectivity index (χ0) is 21.3. The van der Waals surface area contributed by atoms with Gasteiger partial charge in [-0.2, -0.15) is 0 Å². The number of benzene rings is 1. The average Bonchev–Trinajstić information content (AvgIpc) is 3.25. The second kappa shape index (κ2) is 8.41. The zero-order valence-corrected chi connectivity index (χ0v) is 17.3. The molecule has 10 heteroatoms. The largest absolute Gasteiger partial charge is 0.490 e. The third-order valence-electron chi connectivity index (χ3n) is 5.69. The molecule has 1 aromatic carbocycles. The standard InChI is InChI=1S/C20H25F2N3O4S/c21-19(22)12-25-10-6-16-17(25)2-1-3-18(16)29-15-4-8-24(9-5-15)20(26)23-14-7-11-30(27,28)13-14/h1-3,6,10,14-15,19H,4-5,7-9,11-13H2,(H,23,26). The third kappa shape index (κ3) is 4.69. The van der Waals surface area contributed by atoms with E-state index in [9.17, 15) is 22.0 Å². The highest BCUT2D eigenvalue weighted by Crippen LogP contribution is 2.29. The molecule has 0 spiro atoms. The van der Waals surface area contributed by atoms with Gasteiger partial charge in [0.1, 0.15) is 11.9 Å². The minimum atomic E-state index is -3.03. The van der Waals surface area contributed by atoms with Crippen molar-refractivity contribution in [3.05, 3.63) is 30.5 Å². The Kier molecular flexibility index (Phi) is 5.86. The monoisotopic (exact) mass is 441 g/mol. The molecule has 1 N–H and O–H groups in total. The van der Waals surface area contributed by atoms with Crippen LogP contribution >= 0.6 is 0 Å². The molecule has 0 radical (unpaired) electrons. The van der Waals surface area contributed by atoms with Crippen molar-refractivity contribution in [2.75, 3.05) is 24.6 Å². The molecule has 0 aliphatic carbocycles. The molecule has 7 nitrogen and oxygen atoms in total. The first-order chi connectivity index (χ1) is 14.3. The number of aromatic nitrogens is 1. The highest BCUT2D eigenvalue weighted by molar-refractivity contribution is 7.91. The number of piperidine rings is 1. The molecule has 2 saturated heterocycles. The van der Waals surface area contributed by atoms with Crippen LogP contribution in [-0.2, 0) is 16.4 Å². The predicted octanol–water partition coefficient (Wildman–Crippen LogP) is 2.65. The molecule has 1 atom stereocenters. The second-order valence-electron chi connectivity index (χ2n) is 7.90. The lowest BCUT2D eigenvalue weighted by Crippen LogP contribution is -2.49. The lowest BCUT2D eigenvalue weighted by molar-refractivity contribution is 0.111. The van der Waals surface area contributed by atoms with Crippen LogP contribution in [0.4, 0.5) is 13.6 Å². The smallest absolute Gasteiger partial charge is 0.317 e. The van der Waals surface area contributed by atoms with Crippen molar-refractivity contribution < 1.29 is 26.7 Å². The molecular formula is C20H25F2N3O4S. The summed E-state index contributed by atoms with van der Waals surface area (Å²) in [5.41, 5.74) is 0.705. The maximum Gasteiger partial charge on any atom is 0.317 e. The van der Waals surface area contributed by atoms with Gasteiger partial charge in [-0.3, -0.25) is 0 Å². The van der Waals surface area contributed by atoms with Crippen LogP contribution in [0.5, 0.6) is 5.75 Å². The summed E-state index contributed by atoms with van der Waals surface area (Å²) in [6, 6.07) is 6.64. The Morgan fingerprint density at radius 2 is 1.97 bits per heavy atom. The van der Waals surface area contributed by atoms with E-state index in [0.29, 0.717) is 43.6 Å². The number of carbonyl (C=O) groups is 1. The fourth-order valence-corrected chi connectivity index (χ4v) is 5.81. The van der Waals surface area contributed by atoms with Crippen molar-refractivity contribution in [3.8, 4) is 5.75 Å². The molecule has 30 heavy (non-hydrogen) atoms. The van der Waals surface area contributed by atoms with Gasteiger partial charge in [0, 0.05) is 43.6 Å². The number of sulfone groups is 1. The van der Waals surface area contributed by atoms with Crippen LogP contribution in [0.15, 0.2) is 30.5 Å². The summed E-state index contributed by atoms with van der Waals surface area (Å²) in [6.07, 6.45) is 0.882. The van der Waals surface area contributed by atoms with Crippen LogP contribution < -0.4 is 10.1 Å². The molecule has 2 aromatic rings. The molecular weight excluding hydrogens is 416 g/mol. The fraction of sp³-hybridized carbons (Fsp3) is 0.550. The minimum Gasteiger partial charge on any atom is -0.490 e. The SMILES string of the molecule is O=C(NC1CCS(=O)(=O)C1)N1CCC(Oc2cccc3c2ccn3CC(F)F)CC1. The number of ether oxygens (including phenoxy) is 1. The second-order valence-corrected chi connectivity index (χ2v) is 10.1. The number of hydrogen-bond donors (Lipinski definition) is 1. The number of halogens is 2. The Morgan fingerprint density at radius 3 is 2.63 bits per heavy atom. The summed E-state index contributed by atoms with van der Waals surface area (Å²) < 4.78 is 56.2. The van der Waals surface area contributed by atoms with Gasteiger partial charge < -0.3 is 19.5 Å². The van der Waals surface area contributed by atoms with E-state index in [0.717, 1.165) is 5.39 Å². The Hall–Kier alpha value is -2.36. The van der Waals surface area contributed by atoms with Gasteiger partial charge in [0.05, 0.1) is 23.6 Å². The van der Waals surface area contributed by atoms with E-state index < -0.39 is 16.3 Å². The van der Waals surface area contributed by atoms with Gasteiger partial charge in [0.15, 0.2) is 9.84 Å². The number of nitrogens with one attached hydrogen (secondary N) is 1. The number of amides is 2. The van der Waals surface area contributed by atoms with Crippen molar-refractivity contribution in [2.45, 2.75) is 44.4 Å². The molecule has 0 saturated carbocycles. The van der Waals surface area contributed by atoms with E-state index in [1.165, 1.54) is 4.57 Å². The number of likely N-dealkylation sites (tertiary alicyclic amines) is 1. The number of hydrogen-bond acceptors (Lipinski definition) is 4. The van der Waals surface area contributed by atoms with Gasteiger partial charge in [-0.25, -0.2) is 22.0 Å². The predicted molar refractivity (Wildman–Crippen MR) is 109 cm³/mol. The van der Waals surface area contributed by atoms with Crippen molar-refractivity contribution in [1.29, 1.82) is 0 Å². The van der Waals surface area contributed by atoms with Gasteiger partial charge in [0.2, 0.25) is 0 Å². The molecule has 0 bridgehead atoms. The molecule has 2 aliphatic heterocycles. The van der Waals surface area contributed by atoms with Crippen LogP contribution in [0, 0.1) is 0 Å². The molecule has 164 valence electrons. The highest BCUT2D eigenvalue weighted by atomic mass is 32.2. The fourth-order valence-electron chi connectivity index (χ4n) is 4.14. The number of carbonyl (C=O) groups excluding carboxylic acids is 1. The molecule has 4 rings (SSSR count). The van der Waals surface area contributed by atoms with Crippen LogP contribution in [0.3, 0.4) is 0 Å². The Labute approximate surface area is 173 Å². The first-order valence-electron chi connectivity index (χ1n) is 10.1. The molecule has 2 fully saturated rings. The maximum atomic E-state index is 12.7. The molecule has 1 aromatic heterocycles. The molecule has 3 heterocycles. The van der Waals surface area contributed by atoms with Crippen LogP contribution in [0.2, 0.25) is 0 Å². The zero-order valence-electron chi connectivity index (χ0n) is 16.5. The van der Waals surface area contributed by atoms with Crippen LogP contribution in [0.1, 0.15) is 19.3 Å². The highest BCUT2D eigenvalue weighted by Gasteiger charge is 2.31. The summed E-state index contributed by atoms with van der Waals surface area (Å²) in [7, 11) is -3.03. The van der Waals surface area contributed by atoms with Crippen molar-refractivity contribution in [1.82, 2.24) is 14.8 Å². The normalized spacial score (nSPS) is 22.0. The summed E-state index contributed by atoms with van der Waals surface area (Å²) in [6.45, 7) is 0.666. The van der Waals surface area contributed by atoms with Gasteiger partial charge in [0.25, 0.3) is 6.43 Å². The Morgan fingerprint density at radius 1 is 1.20 bits per heavy atom. The van der Waals surface area contributed by atoms with E-state index in [-0.39, 0.29) is 36.2 Å². The number of fused-ring (bicyclic) bond motifs is 1. The van der Waals surface area contributed by atoms with Crippen LogP contribution in [0.25, 0.3) is 10.9 Å². The van der Waals surface area contributed by atoms with Crippen molar-refractivity contribution >= 4 is 26.8 Å². The van der Waals surface area contributed by atoms with Gasteiger partial charge in [-0.05, 0) is 24.6 Å². The first kappa shape index (κ1) is 20.9. The van der Waals surface area contributed by atoms with Crippen molar-refractivity contribution in [3.63, 3.8) is 0 Å². The average molecular weight is 442 g/mol. The van der Waals surface area contributed by atoms with Crippen LogP contribution in [-0.4, -0.2) is 67.1 Å². The number of nitrogens with zero attached hydrogens (tertiary/aromatic N) is 2. The van der Waals surface area contributed by atoms with Gasteiger partial charge in [-0.15, -0.1) is 0 Å². The lowest BCUT2D eigenvalue weighted by atomic mass is 10.1. The topological polar surface area (TPSA) is 80.6 Å². The van der Waals surface area contributed by atoms with Gasteiger partial charge in [-0.1, -0.05) is 6.07 Å². The van der Waals surface area contributed by atoms with E-state index >= 15 is 0 Å². The first-order valence-corrected chi connectivity index (χ1v) is 11.9. The van der Waals surface area contributed by atoms with Crippen molar-refractivity contribution in [2.24, 2.45) is 0 Å². The Balaban J connectivity index is 1.33. The van der Waals surface area contributed by atoms with E-state index in [2.05, 4.69) is 5.32 Å². The summed E-state index contributed by atoms with van der Waals surface area (Å²) in [5, 5.41) is 3.61. The molecule has 2 amide bonds. The van der Waals surface area contributed by atoms with E-state index in [1.807, 2.05) is 6.07 Å². The summed E-state index contributed by atoms with van der Waals surface area (Å²) in [5.74, 6) is 0.783. The summed E-state index contributed by atoms with van der Waals surface area (Å²) in [4.78, 5) is 14.1. The Bertz CT molecular complexity index is 1020. The van der Waals surface area contributed by atoms with E-state index in [1.54, 1.807) is 29.3 Å². The minimum absolute atomic E-state index is 0.00747. The van der Waals surface area contributed by atoms with Gasteiger partial charge >= 0.3 is 6.03 Å². The lowest BCUT2D eigenvalue weighted by Gasteiger charge is -2.33. The van der Waals surface area contributed by atoms with E-state index in [4.69, 9.17) is 4.74 Å². The quantitative estimate of drug-likeness (QED) is 0.774. The molecule has 1 unspecified atom stereocenters. The number of urea groups is 1. The maximum absolute atomic E-state index is 12.7. The molecule has 2 aliphatic rings. The summed E-state index contributed by atoms with van der Waals surface area (Å²) >= 11 is 0. The number of rotatable bonds is 5. The number of alkyl halides is 2.